The average Bonchev–Trinajstić information content (AvgIpc) is 3.88. The number of hydrogen-bond donors (Lipinski definition) is 0. The third-order valence-electron chi connectivity index (χ3n) is 15.8. The van der Waals surface area contributed by atoms with Crippen LogP contribution in [-0.2, 0) is 16.2 Å². The van der Waals surface area contributed by atoms with Crippen LogP contribution in [0.3, 0.4) is 0 Å². The number of benzene rings is 9. The van der Waals surface area contributed by atoms with Gasteiger partial charge in [0.2, 0.25) is 0 Å². The summed E-state index contributed by atoms with van der Waals surface area (Å²) >= 11 is 0. The summed E-state index contributed by atoms with van der Waals surface area (Å²) in [5, 5.41) is 6.85. The van der Waals surface area contributed by atoms with Gasteiger partial charge in [-0.25, -0.2) is 9.97 Å². The first-order valence-corrected chi connectivity index (χ1v) is 26.5. The molecule has 13 rings (SSSR count). The summed E-state index contributed by atoms with van der Waals surface area (Å²) in [5.74, 6) is 1.66. The second kappa shape index (κ2) is 17.7. The van der Waals surface area contributed by atoms with Crippen LogP contribution in [-0.4, -0.2) is 9.97 Å². The standard InChI is InChI=1S/C71H60N4O/c1-45-27-39-62(72-43-45)74(51-33-29-47(30-34-51)69(3,4)5)53-37-38-56-58(41-53)54-23-15-16-24-55(54)64-66-59(71(67(56)64,49-19-11-9-12-20-49)50-21-13-10-14-22-50)42-60(68-65(66)57-25-17-18-26-61(57)76-68)75(63-40-28-46(2)44-73-63)52-35-31-48(32-36-52)70(6,7)8/h9-44H,1-8H3. The number of nitrogens with zero attached hydrogens (tertiary/aromatic N) is 4. The molecule has 1 aliphatic rings. The number of hydrogen-bond acceptors (Lipinski definition) is 5. The number of anilines is 6. The van der Waals surface area contributed by atoms with E-state index < -0.39 is 5.41 Å². The molecule has 0 fully saturated rings. The van der Waals surface area contributed by atoms with Gasteiger partial charge >= 0.3 is 0 Å². The normalized spacial score (nSPS) is 13.1. The first-order valence-electron chi connectivity index (χ1n) is 26.5. The number of aromatic nitrogens is 2. The Hall–Kier alpha value is -8.80. The van der Waals surface area contributed by atoms with Gasteiger partial charge in [0, 0.05) is 40.2 Å². The molecule has 0 amide bonds. The Bertz CT molecular complexity index is 4130. The molecule has 1 aliphatic carbocycles. The predicted molar refractivity (Wildman–Crippen MR) is 318 cm³/mol. The topological polar surface area (TPSA) is 45.4 Å². The lowest BCUT2D eigenvalue weighted by Crippen LogP contribution is -2.29. The summed E-state index contributed by atoms with van der Waals surface area (Å²) in [6, 6.07) is 76.1. The second-order valence-corrected chi connectivity index (χ2v) is 22.8. The monoisotopic (exact) mass is 984 g/mol. The number of furan rings is 1. The van der Waals surface area contributed by atoms with Gasteiger partial charge < -0.3 is 4.42 Å². The van der Waals surface area contributed by atoms with E-state index in [1.54, 1.807) is 0 Å². The van der Waals surface area contributed by atoms with Crippen molar-refractivity contribution in [3.05, 3.63) is 263 Å². The predicted octanol–water partition coefficient (Wildman–Crippen LogP) is 19.2. The molecule has 12 aromatic rings. The Labute approximate surface area is 445 Å². The minimum atomic E-state index is -0.818. The van der Waals surface area contributed by atoms with E-state index in [9.17, 15) is 0 Å². The van der Waals surface area contributed by atoms with Crippen LogP contribution in [0.25, 0.3) is 54.6 Å². The van der Waals surface area contributed by atoms with Crippen molar-refractivity contribution in [1.82, 2.24) is 9.97 Å². The van der Waals surface area contributed by atoms with E-state index in [0.29, 0.717) is 0 Å². The minimum absolute atomic E-state index is 0.0118. The molecule has 0 N–H and O–H groups in total. The lowest BCUT2D eigenvalue weighted by molar-refractivity contribution is 0.590. The van der Waals surface area contributed by atoms with E-state index in [1.807, 2.05) is 12.4 Å². The number of para-hydroxylation sites is 1. The second-order valence-electron chi connectivity index (χ2n) is 22.8. The zero-order valence-electron chi connectivity index (χ0n) is 44.5. The largest absolute Gasteiger partial charge is 0.454 e. The van der Waals surface area contributed by atoms with Gasteiger partial charge in [-0.3, -0.25) is 9.80 Å². The Balaban J connectivity index is 1.18. The van der Waals surface area contributed by atoms with E-state index >= 15 is 0 Å². The van der Waals surface area contributed by atoms with E-state index in [4.69, 9.17) is 14.4 Å². The highest BCUT2D eigenvalue weighted by molar-refractivity contribution is 6.27. The third kappa shape index (κ3) is 7.43. The van der Waals surface area contributed by atoms with Crippen molar-refractivity contribution in [3.63, 3.8) is 0 Å². The molecular weight excluding hydrogens is 925 g/mol. The summed E-state index contributed by atoms with van der Waals surface area (Å²) in [6.07, 6.45) is 3.93. The number of fused-ring (bicyclic) bond motifs is 12. The summed E-state index contributed by atoms with van der Waals surface area (Å²) in [4.78, 5) is 14.9. The summed E-state index contributed by atoms with van der Waals surface area (Å²) in [5.41, 5.74) is 16.7. The quantitative estimate of drug-likeness (QED) is 0.142. The highest BCUT2D eigenvalue weighted by atomic mass is 16.3. The lowest BCUT2D eigenvalue weighted by atomic mass is 9.66. The van der Waals surface area contributed by atoms with Crippen LogP contribution in [0.5, 0.6) is 0 Å². The summed E-state index contributed by atoms with van der Waals surface area (Å²) < 4.78 is 7.31. The minimum Gasteiger partial charge on any atom is -0.454 e. The molecule has 3 heterocycles. The van der Waals surface area contributed by atoms with Crippen molar-refractivity contribution in [2.24, 2.45) is 0 Å². The van der Waals surface area contributed by atoms with Crippen molar-refractivity contribution >= 4 is 77.9 Å². The Kier molecular flexibility index (Phi) is 10.9. The maximum atomic E-state index is 7.31. The van der Waals surface area contributed by atoms with Gasteiger partial charge in [-0.2, -0.15) is 0 Å². The van der Waals surface area contributed by atoms with Gasteiger partial charge in [-0.1, -0.05) is 187 Å². The van der Waals surface area contributed by atoms with Gasteiger partial charge in [0.25, 0.3) is 0 Å². The first-order chi connectivity index (χ1) is 36.8. The smallest absolute Gasteiger partial charge is 0.160 e. The third-order valence-corrected chi connectivity index (χ3v) is 15.8. The van der Waals surface area contributed by atoms with Crippen molar-refractivity contribution in [1.29, 1.82) is 0 Å². The fourth-order valence-electron chi connectivity index (χ4n) is 12.1. The molecule has 0 saturated heterocycles. The fourth-order valence-corrected chi connectivity index (χ4v) is 12.1. The summed E-state index contributed by atoms with van der Waals surface area (Å²) in [7, 11) is 0. The fraction of sp³-hybridized carbons (Fsp3) is 0.155. The van der Waals surface area contributed by atoms with Gasteiger partial charge in [0.05, 0.1) is 11.1 Å². The molecule has 0 spiro atoms. The Morgan fingerprint density at radius 2 is 0.921 bits per heavy atom. The van der Waals surface area contributed by atoms with E-state index in [1.165, 1.54) is 60.7 Å². The van der Waals surface area contributed by atoms with Gasteiger partial charge in [-0.05, 0) is 163 Å². The highest BCUT2D eigenvalue weighted by Gasteiger charge is 2.50. The van der Waals surface area contributed by atoms with Crippen LogP contribution in [0.4, 0.5) is 34.4 Å². The molecule has 0 unspecified atom stereocenters. The first kappa shape index (κ1) is 46.9. The number of pyridine rings is 2. The van der Waals surface area contributed by atoms with E-state index in [2.05, 4.69) is 271 Å². The van der Waals surface area contributed by atoms with E-state index in [-0.39, 0.29) is 10.8 Å². The summed E-state index contributed by atoms with van der Waals surface area (Å²) in [6.45, 7) is 17.8. The molecule has 5 nitrogen and oxygen atoms in total. The molecule has 0 bridgehead atoms. The van der Waals surface area contributed by atoms with Crippen LogP contribution in [0.15, 0.2) is 223 Å². The highest BCUT2D eigenvalue weighted by Crippen LogP contribution is 2.64. The lowest BCUT2D eigenvalue weighted by Gasteiger charge is -2.36. The van der Waals surface area contributed by atoms with E-state index in [0.717, 1.165) is 72.8 Å². The van der Waals surface area contributed by atoms with Gasteiger partial charge in [-0.15, -0.1) is 0 Å². The van der Waals surface area contributed by atoms with Gasteiger partial charge in [0.1, 0.15) is 17.2 Å². The molecule has 5 heteroatoms. The SMILES string of the molecule is Cc1ccc(N(c2ccc(C(C)(C)C)cc2)c2ccc3c4c(c5ccccc5c3c2)-c2c(cc(N(c3ccc(C(C)(C)C)cc3)c3ccc(C)cn3)c3oc5ccccc5c23)C4(c2ccccc2)c2ccccc2)nc1. The zero-order chi connectivity index (χ0) is 52.1. The maximum absolute atomic E-state index is 7.31. The molecule has 0 aliphatic heterocycles. The molecule has 0 saturated carbocycles. The Morgan fingerprint density at radius 3 is 1.47 bits per heavy atom. The molecule has 3 aromatic heterocycles. The van der Waals surface area contributed by atoms with Crippen molar-refractivity contribution in [2.75, 3.05) is 9.80 Å². The van der Waals surface area contributed by atoms with Crippen LogP contribution in [0.2, 0.25) is 0 Å². The average molecular weight is 985 g/mol. The van der Waals surface area contributed by atoms with Crippen molar-refractivity contribution in [3.8, 4) is 11.1 Å². The molecular formula is C71H60N4O. The molecule has 370 valence electrons. The van der Waals surface area contributed by atoms with Crippen LogP contribution < -0.4 is 9.80 Å². The van der Waals surface area contributed by atoms with Crippen LogP contribution in [0, 0.1) is 13.8 Å². The molecule has 0 radical (unpaired) electrons. The number of aryl methyl sites for hydroxylation is 2. The van der Waals surface area contributed by atoms with Crippen LogP contribution in [0.1, 0.15) is 86.1 Å². The molecule has 9 aromatic carbocycles. The van der Waals surface area contributed by atoms with Crippen LogP contribution >= 0.6 is 0 Å². The maximum Gasteiger partial charge on any atom is 0.160 e. The Morgan fingerprint density at radius 1 is 0.421 bits per heavy atom. The molecule has 76 heavy (non-hydrogen) atoms. The molecule has 0 atom stereocenters. The van der Waals surface area contributed by atoms with Crippen molar-refractivity contribution in [2.45, 2.75) is 71.6 Å². The number of rotatable bonds is 8. The zero-order valence-corrected chi connectivity index (χ0v) is 44.5. The van der Waals surface area contributed by atoms with Gasteiger partial charge in [0.15, 0.2) is 5.58 Å². The van der Waals surface area contributed by atoms with Crippen molar-refractivity contribution < 1.29 is 4.42 Å².